The molecule has 2 aromatic carbocycles. The van der Waals surface area contributed by atoms with E-state index >= 15 is 0 Å². The molecule has 2 aromatic rings. The summed E-state index contributed by atoms with van der Waals surface area (Å²) in [7, 11) is -3.46. The highest BCUT2D eigenvalue weighted by Crippen LogP contribution is 2.53. The number of amides is 1. The molecule has 0 aromatic heterocycles. The molecule has 0 radical (unpaired) electrons. The summed E-state index contributed by atoms with van der Waals surface area (Å²) >= 11 is 12.5. The Morgan fingerprint density at radius 1 is 1.06 bits per heavy atom. The molecule has 1 spiro atoms. The maximum atomic E-state index is 14.1. The molecule has 2 aliphatic heterocycles. The number of hydrogen-bond donors (Lipinski definition) is 0. The summed E-state index contributed by atoms with van der Waals surface area (Å²) in [6, 6.07) is 13.4. The van der Waals surface area contributed by atoms with Crippen molar-refractivity contribution >= 4 is 44.9 Å². The van der Waals surface area contributed by atoms with Crippen molar-refractivity contribution in [3.8, 4) is 0 Å². The highest BCUT2D eigenvalue weighted by Gasteiger charge is 2.62. The zero-order valence-corrected chi connectivity index (χ0v) is 22.5. The van der Waals surface area contributed by atoms with Gasteiger partial charge >= 0.3 is 5.97 Å². The van der Waals surface area contributed by atoms with Gasteiger partial charge in [0.25, 0.3) is 5.91 Å². The third kappa shape index (κ3) is 5.23. The number of benzene rings is 2. The minimum atomic E-state index is -3.46. The summed E-state index contributed by atoms with van der Waals surface area (Å²) < 4.78 is 30.7. The summed E-state index contributed by atoms with van der Waals surface area (Å²) in [6.07, 6.45) is 1.41. The van der Waals surface area contributed by atoms with E-state index in [1.54, 1.807) is 23.1 Å². The van der Waals surface area contributed by atoms with Crippen molar-refractivity contribution in [2.45, 2.75) is 57.2 Å². The number of esters is 1. The maximum Gasteiger partial charge on any atom is 0.311 e. The van der Waals surface area contributed by atoms with Gasteiger partial charge in [-0.3, -0.25) is 9.59 Å². The topological polar surface area (TPSA) is 80.8 Å². The van der Waals surface area contributed by atoms with Crippen LogP contribution in [0.25, 0.3) is 0 Å². The first-order chi connectivity index (χ1) is 16.2. The number of rotatable bonds is 5. The van der Waals surface area contributed by atoms with Gasteiger partial charge in [0, 0.05) is 28.6 Å². The average Bonchev–Trinajstić information content (AvgIpc) is 2.72. The van der Waals surface area contributed by atoms with Crippen LogP contribution >= 0.6 is 23.2 Å². The lowest BCUT2D eigenvalue weighted by Gasteiger charge is -2.56. The van der Waals surface area contributed by atoms with Crippen molar-refractivity contribution in [1.29, 1.82) is 0 Å². The normalized spacial score (nSPS) is 25.8. The van der Waals surface area contributed by atoms with E-state index in [1.807, 2.05) is 51.1 Å². The second kappa shape index (κ2) is 9.09. The van der Waals surface area contributed by atoms with Crippen LogP contribution in [0.15, 0.2) is 48.5 Å². The fourth-order valence-corrected chi connectivity index (χ4v) is 6.80. The van der Waals surface area contributed by atoms with Gasteiger partial charge in [0.1, 0.15) is 9.84 Å². The van der Waals surface area contributed by atoms with Crippen LogP contribution in [0.3, 0.4) is 0 Å². The third-order valence-electron chi connectivity index (χ3n) is 6.88. The zero-order chi connectivity index (χ0) is 25.8. The second-order valence-corrected chi connectivity index (χ2v) is 13.8. The van der Waals surface area contributed by atoms with Crippen molar-refractivity contribution < 1.29 is 22.7 Å². The quantitative estimate of drug-likeness (QED) is 0.490. The number of ether oxygens (including phenoxy) is 1. The lowest BCUT2D eigenvalue weighted by molar-refractivity contribution is -0.213. The van der Waals surface area contributed by atoms with Gasteiger partial charge in [0.05, 0.1) is 24.3 Å². The molecule has 1 amide bonds. The largest absolute Gasteiger partial charge is 0.448 e. The Morgan fingerprint density at radius 3 is 2.20 bits per heavy atom. The minimum Gasteiger partial charge on any atom is -0.448 e. The van der Waals surface area contributed by atoms with Crippen LogP contribution in [0.5, 0.6) is 0 Å². The summed E-state index contributed by atoms with van der Waals surface area (Å²) in [6.45, 7) is 5.74. The van der Waals surface area contributed by atoms with Gasteiger partial charge in [-0.1, -0.05) is 68.2 Å². The van der Waals surface area contributed by atoms with Crippen molar-refractivity contribution in [3.63, 3.8) is 0 Å². The van der Waals surface area contributed by atoms with E-state index in [2.05, 4.69) is 0 Å². The van der Waals surface area contributed by atoms with Crippen LogP contribution in [0.1, 0.15) is 56.7 Å². The lowest BCUT2D eigenvalue weighted by atomic mass is 9.69. The van der Waals surface area contributed by atoms with Crippen molar-refractivity contribution in [2.24, 2.45) is 5.41 Å². The Hall–Kier alpha value is -2.09. The summed E-state index contributed by atoms with van der Waals surface area (Å²) in [4.78, 5) is 27.8. The molecule has 9 heteroatoms. The molecule has 188 valence electrons. The minimum absolute atomic E-state index is 0.0392. The van der Waals surface area contributed by atoms with Crippen LogP contribution in [-0.4, -0.2) is 48.8 Å². The Kier molecular flexibility index (Phi) is 6.75. The number of carbonyl (C=O) groups is 2. The molecular formula is C26H29Cl2NO5S. The molecule has 6 nitrogen and oxygen atoms in total. The number of halogens is 2. The number of piperidine rings is 1. The van der Waals surface area contributed by atoms with E-state index < -0.39 is 38.9 Å². The predicted octanol–water partition coefficient (Wildman–Crippen LogP) is 5.20. The zero-order valence-electron chi connectivity index (χ0n) is 20.1. The molecule has 4 unspecified atom stereocenters. The molecule has 2 aliphatic rings. The Bertz CT molecular complexity index is 1250. The SMILES string of the molecule is CC(C)(C)C(CS(C)(=O)=O)N1C(=O)C2(CC(=O)O2)CC(c2cccc(Cl)c2)C1c1ccc(Cl)cc1. The fourth-order valence-electron chi connectivity index (χ4n) is 5.25. The van der Waals surface area contributed by atoms with Gasteiger partial charge < -0.3 is 9.64 Å². The van der Waals surface area contributed by atoms with E-state index in [1.165, 1.54) is 6.26 Å². The molecule has 2 fully saturated rings. The summed E-state index contributed by atoms with van der Waals surface area (Å²) in [5.41, 5.74) is -0.219. The van der Waals surface area contributed by atoms with E-state index in [4.69, 9.17) is 27.9 Å². The number of likely N-dealkylation sites (tertiary alicyclic amines) is 1. The number of sulfone groups is 1. The van der Waals surface area contributed by atoms with E-state index in [9.17, 15) is 18.0 Å². The first-order valence-electron chi connectivity index (χ1n) is 11.4. The standard InChI is InChI=1S/C26H29Cl2NO5S/c1-25(2,3)21(15-35(4,32)33)29-23(16-8-10-18(27)11-9-16)20(17-6-5-7-19(28)12-17)13-26(24(29)31)14-22(30)34-26/h5-12,20-21,23H,13-15H2,1-4H3. The van der Waals surface area contributed by atoms with E-state index in [0.29, 0.717) is 10.0 Å². The molecule has 4 rings (SSSR count). The predicted molar refractivity (Wildman–Crippen MR) is 136 cm³/mol. The average molecular weight is 538 g/mol. The lowest BCUT2D eigenvalue weighted by Crippen LogP contribution is -2.68. The Balaban J connectivity index is 1.96. The molecule has 2 heterocycles. The molecule has 4 atom stereocenters. The molecule has 0 N–H and O–H groups in total. The first-order valence-corrected chi connectivity index (χ1v) is 14.3. The van der Waals surface area contributed by atoms with E-state index in [-0.39, 0.29) is 30.4 Å². The van der Waals surface area contributed by atoms with Gasteiger partial charge in [-0.15, -0.1) is 0 Å². The van der Waals surface area contributed by atoms with Gasteiger partial charge in [-0.2, -0.15) is 0 Å². The van der Waals surface area contributed by atoms with Crippen LogP contribution in [0, 0.1) is 5.41 Å². The van der Waals surface area contributed by atoms with Crippen LogP contribution < -0.4 is 0 Å². The summed E-state index contributed by atoms with van der Waals surface area (Å²) in [5.74, 6) is -1.33. The van der Waals surface area contributed by atoms with E-state index in [0.717, 1.165) is 11.1 Å². The number of carbonyl (C=O) groups excluding carboxylic acids is 2. The monoisotopic (exact) mass is 537 g/mol. The van der Waals surface area contributed by atoms with Crippen LogP contribution in [0.2, 0.25) is 10.0 Å². The molecule has 0 aliphatic carbocycles. The van der Waals surface area contributed by atoms with Gasteiger partial charge in [0.2, 0.25) is 5.60 Å². The molecule has 35 heavy (non-hydrogen) atoms. The molecule has 0 saturated carbocycles. The van der Waals surface area contributed by atoms with Gasteiger partial charge in [0.15, 0.2) is 0 Å². The van der Waals surface area contributed by atoms with Crippen LogP contribution in [-0.2, 0) is 24.2 Å². The van der Waals surface area contributed by atoms with Gasteiger partial charge in [-0.05, 0) is 40.8 Å². The first kappa shape index (κ1) is 26.0. The third-order valence-corrected chi connectivity index (χ3v) is 8.29. The summed E-state index contributed by atoms with van der Waals surface area (Å²) in [5, 5.41) is 1.10. The van der Waals surface area contributed by atoms with Crippen molar-refractivity contribution in [2.75, 3.05) is 12.0 Å². The smallest absolute Gasteiger partial charge is 0.311 e. The van der Waals surface area contributed by atoms with Crippen molar-refractivity contribution in [1.82, 2.24) is 4.90 Å². The molecule has 0 bridgehead atoms. The molecule has 2 saturated heterocycles. The fraction of sp³-hybridized carbons (Fsp3) is 0.462. The van der Waals surface area contributed by atoms with Gasteiger partial charge in [-0.25, -0.2) is 8.42 Å². The maximum absolute atomic E-state index is 14.1. The van der Waals surface area contributed by atoms with Crippen molar-refractivity contribution in [3.05, 3.63) is 69.7 Å². The highest BCUT2D eigenvalue weighted by molar-refractivity contribution is 7.90. The second-order valence-electron chi connectivity index (χ2n) is 10.7. The molecular weight excluding hydrogens is 509 g/mol. The van der Waals surface area contributed by atoms with Crippen LogP contribution in [0.4, 0.5) is 0 Å². The Labute approximate surface area is 216 Å². The highest BCUT2D eigenvalue weighted by atomic mass is 35.5. The number of hydrogen-bond acceptors (Lipinski definition) is 5. The number of nitrogens with zero attached hydrogens (tertiary/aromatic N) is 1. The Morgan fingerprint density at radius 2 is 1.69 bits per heavy atom.